The molecule has 1 saturated heterocycles. The summed E-state index contributed by atoms with van der Waals surface area (Å²) in [5.41, 5.74) is 2.50. The molecule has 3 rings (SSSR count). The van der Waals surface area contributed by atoms with E-state index >= 15 is 0 Å². The number of carbonyl (C=O) groups is 1. The van der Waals surface area contributed by atoms with Crippen LogP contribution in [0.5, 0.6) is 11.5 Å². The first-order valence-electron chi connectivity index (χ1n) is 10.4. The fourth-order valence-corrected chi connectivity index (χ4v) is 3.40. The van der Waals surface area contributed by atoms with Crippen LogP contribution >= 0.6 is 0 Å². The third-order valence-corrected chi connectivity index (χ3v) is 5.08. The van der Waals surface area contributed by atoms with Gasteiger partial charge in [-0.2, -0.15) is 0 Å². The van der Waals surface area contributed by atoms with Crippen LogP contribution in [-0.4, -0.2) is 54.1 Å². The molecule has 1 aromatic carbocycles. The van der Waals surface area contributed by atoms with Gasteiger partial charge in [-0.15, -0.1) is 0 Å². The fraction of sp³-hybridized carbons (Fsp3) is 0.500. The number of hydrogen-bond acceptors (Lipinski definition) is 7. The number of hydrogen-bond donors (Lipinski definition) is 2. The quantitative estimate of drug-likeness (QED) is 0.579. The first-order chi connectivity index (χ1) is 14.5. The van der Waals surface area contributed by atoms with E-state index in [4.69, 9.17) is 9.47 Å². The molecule has 8 heteroatoms. The van der Waals surface area contributed by atoms with Gasteiger partial charge >= 0.3 is 0 Å². The molecule has 0 aliphatic carbocycles. The number of nitrogens with one attached hydrogen (secondary N) is 2. The van der Waals surface area contributed by atoms with Crippen LogP contribution in [0, 0.1) is 6.92 Å². The molecular formula is C22H31N5O3. The van der Waals surface area contributed by atoms with Crippen LogP contribution in [0.1, 0.15) is 37.4 Å². The molecule has 8 nitrogen and oxygen atoms in total. The molecule has 1 fully saturated rings. The van der Waals surface area contributed by atoms with E-state index in [1.807, 2.05) is 25.1 Å². The first kappa shape index (κ1) is 21.8. The number of anilines is 2. The number of ether oxygens (including phenoxy) is 2. The molecule has 1 aliphatic rings. The van der Waals surface area contributed by atoms with Crippen LogP contribution in [0.4, 0.5) is 11.6 Å². The van der Waals surface area contributed by atoms with Gasteiger partial charge in [0.15, 0.2) is 11.5 Å². The smallest absolute Gasteiger partial charge is 0.227 e. The number of methoxy groups -OCH3 is 1. The molecule has 0 unspecified atom stereocenters. The molecule has 1 amide bonds. The Bertz CT molecular complexity index is 853. The van der Waals surface area contributed by atoms with Crippen molar-refractivity contribution in [3.63, 3.8) is 0 Å². The van der Waals surface area contributed by atoms with E-state index in [0.717, 1.165) is 29.9 Å². The lowest BCUT2D eigenvalue weighted by atomic mass is 10.2. The van der Waals surface area contributed by atoms with Gasteiger partial charge in [0.05, 0.1) is 26.0 Å². The lowest BCUT2D eigenvalue weighted by Crippen LogP contribution is -2.21. The number of rotatable bonds is 10. The second kappa shape index (κ2) is 10.8. The predicted octanol–water partition coefficient (Wildman–Crippen LogP) is 3.04. The zero-order valence-corrected chi connectivity index (χ0v) is 18.0. The standard InChI is InChI=1S/C22H31N5O3/c1-16-14-24-22(26-19(16)15-23-17(2)28)25-18-7-8-20(29-3)21(13-18)30-12-6-11-27-9-4-5-10-27/h7-8,13-14H,4-6,9-12,15H2,1-3H3,(H,23,28)(H,24,25,26). The maximum Gasteiger partial charge on any atom is 0.227 e. The van der Waals surface area contributed by atoms with E-state index in [2.05, 4.69) is 25.5 Å². The summed E-state index contributed by atoms with van der Waals surface area (Å²) in [6, 6.07) is 5.66. The molecule has 0 radical (unpaired) electrons. The number of carbonyl (C=O) groups excluding carboxylic acids is 1. The third-order valence-electron chi connectivity index (χ3n) is 5.08. The Balaban J connectivity index is 1.62. The molecule has 0 bridgehead atoms. The Morgan fingerprint density at radius 2 is 2.03 bits per heavy atom. The van der Waals surface area contributed by atoms with Crippen molar-refractivity contribution >= 4 is 17.5 Å². The molecule has 2 N–H and O–H groups in total. The fourth-order valence-electron chi connectivity index (χ4n) is 3.40. The van der Waals surface area contributed by atoms with E-state index in [9.17, 15) is 4.79 Å². The van der Waals surface area contributed by atoms with Gasteiger partial charge in [0, 0.05) is 31.4 Å². The van der Waals surface area contributed by atoms with Crippen molar-refractivity contribution in [1.82, 2.24) is 20.2 Å². The van der Waals surface area contributed by atoms with Crippen molar-refractivity contribution in [3.05, 3.63) is 35.7 Å². The topological polar surface area (TPSA) is 88.6 Å². The predicted molar refractivity (Wildman–Crippen MR) is 116 cm³/mol. The van der Waals surface area contributed by atoms with E-state index in [1.165, 1.54) is 32.9 Å². The molecule has 0 spiro atoms. The maximum atomic E-state index is 11.2. The highest BCUT2D eigenvalue weighted by atomic mass is 16.5. The second-order valence-electron chi connectivity index (χ2n) is 7.47. The molecule has 2 heterocycles. The number of aromatic nitrogens is 2. The maximum absolute atomic E-state index is 11.2. The summed E-state index contributed by atoms with van der Waals surface area (Å²) < 4.78 is 11.4. The van der Waals surface area contributed by atoms with Crippen LogP contribution in [0.3, 0.4) is 0 Å². The summed E-state index contributed by atoms with van der Waals surface area (Å²) in [4.78, 5) is 22.5. The van der Waals surface area contributed by atoms with Gasteiger partial charge in [0.25, 0.3) is 0 Å². The van der Waals surface area contributed by atoms with Crippen molar-refractivity contribution in [2.75, 3.05) is 38.7 Å². The monoisotopic (exact) mass is 413 g/mol. The lowest BCUT2D eigenvalue weighted by molar-refractivity contribution is -0.119. The lowest BCUT2D eigenvalue weighted by Gasteiger charge is -2.16. The molecule has 1 aromatic heterocycles. The first-order valence-corrected chi connectivity index (χ1v) is 10.4. The molecule has 0 saturated carbocycles. The van der Waals surface area contributed by atoms with Gasteiger partial charge < -0.3 is 25.0 Å². The van der Waals surface area contributed by atoms with Crippen LogP contribution in [0.2, 0.25) is 0 Å². The van der Waals surface area contributed by atoms with Gasteiger partial charge in [-0.05, 0) is 57.0 Å². The zero-order valence-electron chi connectivity index (χ0n) is 18.0. The minimum atomic E-state index is -0.0933. The Hall–Kier alpha value is -2.87. The largest absolute Gasteiger partial charge is 0.493 e. The molecule has 0 atom stereocenters. The summed E-state index contributed by atoms with van der Waals surface area (Å²) in [7, 11) is 1.64. The van der Waals surface area contributed by atoms with E-state index in [-0.39, 0.29) is 5.91 Å². The van der Waals surface area contributed by atoms with Crippen LogP contribution in [0.15, 0.2) is 24.4 Å². The van der Waals surface area contributed by atoms with E-state index < -0.39 is 0 Å². The Morgan fingerprint density at radius 3 is 2.77 bits per heavy atom. The van der Waals surface area contributed by atoms with Crippen LogP contribution in [0.25, 0.3) is 0 Å². The SMILES string of the molecule is COc1ccc(Nc2ncc(C)c(CNC(C)=O)n2)cc1OCCCN1CCCC1. The highest BCUT2D eigenvalue weighted by molar-refractivity contribution is 5.72. The molecule has 2 aromatic rings. The van der Waals surface area contributed by atoms with Crippen molar-refractivity contribution in [2.24, 2.45) is 0 Å². The minimum Gasteiger partial charge on any atom is -0.493 e. The Morgan fingerprint density at radius 1 is 1.23 bits per heavy atom. The number of nitrogens with zero attached hydrogens (tertiary/aromatic N) is 3. The Labute approximate surface area is 178 Å². The molecule has 162 valence electrons. The summed E-state index contributed by atoms with van der Waals surface area (Å²) >= 11 is 0. The molecule has 1 aliphatic heterocycles. The summed E-state index contributed by atoms with van der Waals surface area (Å²) in [6.45, 7) is 7.87. The Kier molecular flexibility index (Phi) is 7.84. The van der Waals surface area contributed by atoms with Gasteiger partial charge in [-0.25, -0.2) is 9.97 Å². The molecular weight excluding hydrogens is 382 g/mol. The number of amides is 1. The van der Waals surface area contributed by atoms with Gasteiger partial charge in [0.2, 0.25) is 11.9 Å². The average Bonchev–Trinajstić information content (AvgIpc) is 3.25. The normalized spacial score (nSPS) is 13.8. The number of aryl methyl sites for hydroxylation is 1. The van der Waals surface area contributed by atoms with Crippen molar-refractivity contribution in [1.29, 1.82) is 0 Å². The summed E-state index contributed by atoms with van der Waals surface area (Å²) in [6.07, 6.45) is 5.33. The number of benzene rings is 1. The van der Waals surface area contributed by atoms with Crippen LogP contribution < -0.4 is 20.1 Å². The van der Waals surface area contributed by atoms with Gasteiger partial charge in [-0.1, -0.05) is 0 Å². The number of likely N-dealkylation sites (tertiary alicyclic amines) is 1. The molecule has 30 heavy (non-hydrogen) atoms. The van der Waals surface area contributed by atoms with Crippen molar-refractivity contribution in [2.45, 2.75) is 39.7 Å². The van der Waals surface area contributed by atoms with E-state index in [1.54, 1.807) is 13.3 Å². The third kappa shape index (κ3) is 6.32. The van der Waals surface area contributed by atoms with Crippen molar-refractivity contribution in [3.8, 4) is 11.5 Å². The summed E-state index contributed by atoms with van der Waals surface area (Å²) in [5.74, 6) is 1.75. The van der Waals surface area contributed by atoms with Crippen LogP contribution in [-0.2, 0) is 11.3 Å². The minimum absolute atomic E-state index is 0.0933. The highest BCUT2D eigenvalue weighted by Gasteiger charge is 2.12. The summed E-state index contributed by atoms with van der Waals surface area (Å²) in [5, 5.41) is 5.98. The van der Waals surface area contributed by atoms with Gasteiger partial charge in [-0.3, -0.25) is 4.79 Å². The van der Waals surface area contributed by atoms with E-state index in [0.29, 0.717) is 30.6 Å². The zero-order chi connectivity index (χ0) is 21.3. The highest BCUT2D eigenvalue weighted by Crippen LogP contribution is 2.31. The second-order valence-corrected chi connectivity index (χ2v) is 7.47. The van der Waals surface area contributed by atoms with Gasteiger partial charge in [0.1, 0.15) is 0 Å². The van der Waals surface area contributed by atoms with Crippen molar-refractivity contribution < 1.29 is 14.3 Å². The average molecular weight is 414 g/mol.